The molecule has 0 saturated heterocycles. The fourth-order valence-electron chi connectivity index (χ4n) is 3.25. The number of rotatable bonds is 13. The maximum atomic E-state index is 12.5. The summed E-state index contributed by atoms with van der Waals surface area (Å²) >= 11 is 1.08. The summed E-state index contributed by atoms with van der Waals surface area (Å²) in [6.07, 6.45) is 3.68. The summed E-state index contributed by atoms with van der Waals surface area (Å²) in [5.41, 5.74) is 1.76. The molecule has 0 unspecified atom stereocenters. The molecule has 1 amide bonds. The topological polar surface area (TPSA) is 131 Å². The van der Waals surface area contributed by atoms with Crippen LogP contribution in [0.3, 0.4) is 0 Å². The minimum Gasteiger partial charge on any atom is -0.493 e. The van der Waals surface area contributed by atoms with Crippen LogP contribution < -0.4 is 19.5 Å². The number of aliphatic carboxylic acids is 1. The maximum Gasteiger partial charge on any atom is 0.309 e. The third-order valence-corrected chi connectivity index (χ3v) is 5.71. The first-order chi connectivity index (χ1) is 17.9. The lowest BCUT2D eigenvalue weighted by Gasteiger charge is -2.13. The summed E-state index contributed by atoms with van der Waals surface area (Å²) in [5.74, 6) is 0.00290. The first-order valence-electron chi connectivity index (χ1n) is 11.1. The molecule has 0 aliphatic carbocycles. The number of amides is 1. The number of hydrogen-bond acceptors (Lipinski definition) is 8. The van der Waals surface area contributed by atoms with E-state index < -0.39 is 11.9 Å². The number of ether oxygens (including phenoxy) is 3. The smallest absolute Gasteiger partial charge is 0.309 e. The van der Waals surface area contributed by atoms with E-state index in [9.17, 15) is 14.9 Å². The van der Waals surface area contributed by atoms with E-state index in [0.717, 1.165) is 22.6 Å². The molecule has 1 aromatic heterocycles. The van der Waals surface area contributed by atoms with Crippen molar-refractivity contribution in [1.82, 2.24) is 4.98 Å². The van der Waals surface area contributed by atoms with Crippen LogP contribution in [0.1, 0.15) is 16.8 Å². The fraction of sp³-hybridized carbons (Fsp3) is 0.185. The van der Waals surface area contributed by atoms with Crippen LogP contribution in [0, 0.1) is 11.3 Å². The van der Waals surface area contributed by atoms with Gasteiger partial charge in [-0.05, 0) is 41.8 Å². The third kappa shape index (κ3) is 7.95. The SMILES string of the molecule is C=CCc1ccccc1OCCOc1ccc(/C=C(/C#N)C(=O)Nc2nc(CC(=O)O)cs2)cc1OC. The molecule has 0 fully saturated rings. The number of carboxylic acids is 1. The highest BCUT2D eigenvalue weighted by Gasteiger charge is 2.14. The number of hydrogen-bond donors (Lipinski definition) is 2. The number of benzene rings is 2. The van der Waals surface area contributed by atoms with Gasteiger partial charge in [0.2, 0.25) is 0 Å². The summed E-state index contributed by atoms with van der Waals surface area (Å²) in [5, 5.41) is 22.6. The van der Waals surface area contributed by atoms with Gasteiger partial charge < -0.3 is 19.3 Å². The van der Waals surface area contributed by atoms with E-state index in [1.165, 1.54) is 18.6 Å². The highest BCUT2D eigenvalue weighted by atomic mass is 32.1. The number of thiazole rings is 1. The maximum absolute atomic E-state index is 12.5. The molecule has 9 nitrogen and oxygen atoms in total. The van der Waals surface area contributed by atoms with E-state index in [4.69, 9.17) is 19.3 Å². The number of carbonyl (C=O) groups excluding carboxylic acids is 1. The molecule has 3 aromatic rings. The van der Waals surface area contributed by atoms with Crippen LogP contribution in [0.15, 0.2) is 66.1 Å². The van der Waals surface area contributed by atoms with Crippen LogP contribution in [0.2, 0.25) is 0 Å². The lowest BCUT2D eigenvalue weighted by Crippen LogP contribution is -2.13. The standard InChI is InChI=1S/C27H25N3O6S/c1-3-6-19-7-4-5-8-22(19)35-11-12-36-23-10-9-18(14-24(23)34-2)13-20(16-28)26(33)30-27-29-21(17-37-27)15-25(31)32/h3-5,7-10,13-14,17H,1,6,11-12,15H2,2H3,(H,31,32)(H,29,30,33)/b20-13-. The van der Waals surface area contributed by atoms with E-state index in [-0.39, 0.29) is 23.7 Å². The van der Waals surface area contributed by atoms with Crippen LogP contribution in [0.5, 0.6) is 17.2 Å². The normalized spacial score (nSPS) is 10.8. The molecule has 0 saturated carbocycles. The average Bonchev–Trinajstić information content (AvgIpc) is 3.32. The zero-order valence-corrected chi connectivity index (χ0v) is 20.9. The molecule has 3 rings (SSSR count). The number of allylic oxidation sites excluding steroid dienone is 1. The zero-order chi connectivity index (χ0) is 26.6. The minimum absolute atomic E-state index is 0.155. The Morgan fingerprint density at radius 2 is 1.92 bits per heavy atom. The van der Waals surface area contributed by atoms with Crippen molar-refractivity contribution >= 4 is 34.4 Å². The highest BCUT2D eigenvalue weighted by molar-refractivity contribution is 7.14. The third-order valence-electron chi connectivity index (χ3n) is 4.90. The molecule has 0 aliphatic heterocycles. The molecule has 0 bridgehead atoms. The Bertz CT molecular complexity index is 1340. The summed E-state index contributed by atoms with van der Waals surface area (Å²) in [6, 6.07) is 14.6. The van der Waals surface area contributed by atoms with E-state index >= 15 is 0 Å². The van der Waals surface area contributed by atoms with Crippen molar-refractivity contribution in [1.29, 1.82) is 5.26 Å². The predicted molar refractivity (Wildman–Crippen MR) is 140 cm³/mol. The first kappa shape index (κ1) is 27.0. The van der Waals surface area contributed by atoms with Gasteiger partial charge in [-0.1, -0.05) is 30.3 Å². The number of carbonyl (C=O) groups is 2. The van der Waals surface area contributed by atoms with Gasteiger partial charge in [0.25, 0.3) is 5.91 Å². The van der Waals surface area contributed by atoms with Gasteiger partial charge in [-0.15, -0.1) is 17.9 Å². The van der Waals surface area contributed by atoms with Gasteiger partial charge in [0, 0.05) is 5.38 Å². The number of methoxy groups -OCH3 is 1. The van der Waals surface area contributed by atoms with Crippen LogP contribution in [0.4, 0.5) is 5.13 Å². The average molecular weight is 520 g/mol. The van der Waals surface area contributed by atoms with Gasteiger partial charge in [0.15, 0.2) is 16.6 Å². The second kappa shape index (κ2) is 13.5. The number of carboxylic acid groups (broad SMARTS) is 1. The summed E-state index contributed by atoms with van der Waals surface area (Å²) < 4.78 is 17.1. The van der Waals surface area contributed by atoms with Gasteiger partial charge in [-0.25, -0.2) is 4.98 Å². The molecule has 0 aliphatic rings. The molecule has 1 heterocycles. The summed E-state index contributed by atoms with van der Waals surface area (Å²) in [7, 11) is 1.49. The van der Waals surface area contributed by atoms with Gasteiger partial charge in [-0.3, -0.25) is 14.9 Å². The largest absolute Gasteiger partial charge is 0.493 e. The lowest BCUT2D eigenvalue weighted by atomic mass is 10.1. The highest BCUT2D eigenvalue weighted by Crippen LogP contribution is 2.29. The van der Waals surface area contributed by atoms with E-state index in [0.29, 0.717) is 35.8 Å². The number of para-hydroxylation sites is 1. The van der Waals surface area contributed by atoms with Crippen molar-refractivity contribution in [3.63, 3.8) is 0 Å². The molecule has 0 atom stereocenters. The molecular weight excluding hydrogens is 494 g/mol. The molecule has 190 valence electrons. The summed E-state index contributed by atoms with van der Waals surface area (Å²) in [6.45, 7) is 4.36. The lowest BCUT2D eigenvalue weighted by molar-refractivity contribution is -0.136. The van der Waals surface area contributed by atoms with E-state index in [2.05, 4.69) is 16.9 Å². The minimum atomic E-state index is -1.02. The quantitative estimate of drug-likeness (QED) is 0.146. The van der Waals surface area contributed by atoms with Crippen molar-refractivity contribution < 1.29 is 28.9 Å². The van der Waals surface area contributed by atoms with Crippen LogP contribution in [0.25, 0.3) is 6.08 Å². The summed E-state index contributed by atoms with van der Waals surface area (Å²) in [4.78, 5) is 27.4. The van der Waals surface area contributed by atoms with Gasteiger partial charge >= 0.3 is 5.97 Å². The van der Waals surface area contributed by atoms with Gasteiger partial charge in [0.1, 0.15) is 30.6 Å². The fourth-order valence-corrected chi connectivity index (χ4v) is 3.95. The molecule has 0 spiro atoms. The Kier molecular flexibility index (Phi) is 9.82. The van der Waals surface area contributed by atoms with Crippen molar-refractivity contribution in [2.24, 2.45) is 0 Å². The second-order valence-corrected chi connectivity index (χ2v) is 8.40. The molecule has 0 radical (unpaired) electrons. The molecular formula is C27H25N3O6S. The first-order valence-corrected chi connectivity index (χ1v) is 12.0. The molecule has 2 N–H and O–H groups in total. The number of aromatic nitrogens is 1. The number of nitriles is 1. The van der Waals surface area contributed by atoms with E-state index in [1.54, 1.807) is 18.2 Å². The Hall–Kier alpha value is -4.62. The molecule has 10 heteroatoms. The second-order valence-electron chi connectivity index (χ2n) is 7.55. The van der Waals surface area contributed by atoms with Crippen LogP contribution in [-0.2, 0) is 22.4 Å². The van der Waals surface area contributed by atoms with Crippen molar-refractivity contribution in [2.45, 2.75) is 12.8 Å². The van der Waals surface area contributed by atoms with Gasteiger partial charge in [0.05, 0.1) is 19.2 Å². The number of nitrogens with zero attached hydrogens (tertiary/aromatic N) is 2. The number of anilines is 1. The Morgan fingerprint density at radius 3 is 2.62 bits per heavy atom. The Balaban J connectivity index is 1.62. The predicted octanol–water partition coefficient (Wildman–Crippen LogP) is 4.51. The Morgan fingerprint density at radius 1 is 1.16 bits per heavy atom. The molecule has 37 heavy (non-hydrogen) atoms. The van der Waals surface area contributed by atoms with Crippen molar-refractivity contribution in [3.05, 3.63) is 82.9 Å². The van der Waals surface area contributed by atoms with Crippen LogP contribution >= 0.6 is 11.3 Å². The van der Waals surface area contributed by atoms with Gasteiger partial charge in [-0.2, -0.15) is 5.26 Å². The zero-order valence-electron chi connectivity index (χ0n) is 20.1. The monoisotopic (exact) mass is 519 g/mol. The number of nitrogens with one attached hydrogen (secondary N) is 1. The Labute approximate surface area is 218 Å². The van der Waals surface area contributed by atoms with Crippen molar-refractivity contribution in [2.75, 3.05) is 25.6 Å². The van der Waals surface area contributed by atoms with Crippen LogP contribution in [-0.4, -0.2) is 42.3 Å². The molecule has 2 aromatic carbocycles. The van der Waals surface area contributed by atoms with E-state index in [1.807, 2.05) is 36.4 Å². The van der Waals surface area contributed by atoms with Crippen molar-refractivity contribution in [3.8, 4) is 23.3 Å².